The smallest absolute Gasteiger partial charge is 0.261 e. The van der Waals surface area contributed by atoms with Crippen LogP contribution in [0.25, 0.3) is 10.2 Å². The van der Waals surface area contributed by atoms with Crippen molar-refractivity contribution in [1.82, 2.24) is 10.1 Å². The summed E-state index contributed by atoms with van der Waals surface area (Å²) in [4.78, 5) is 19.8. The zero-order valence-corrected chi connectivity index (χ0v) is 16.0. The van der Waals surface area contributed by atoms with E-state index in [2.05, 4.69) is 15.4 Å². The van der Waals surface area contributed by atoms with Gasteiger partial charge in [0.2, 0.25) is 0 Å². The Morgan fingerprint density at radius 2 is 2.08 bits per heavy atom. The predicted octanol–water partition coefficient (Wildman–Crippen LogP) is 4.57. The van der Waals surface area contributed by atoms with Gasteiger partial charge in [0.1, 0.15) is 5.56 Å². The van der Waals surface area contributed by atoms with Gasteiger partial charge >= 0.3 is 0 Å². The molecule has 7 heteroatoms. The van der Waals surface area contributed by atoms with E-state index in [1.54, 1.807) is 18.3 Å². The number of hydrogen-bond acceptors (Lipinski definition) is 6. The van der Waals surface area contributed by atoms with Gasteiger partial charge in [-0.2, -0.15) is 0 Å². The molecule has 0 unspecified atom stereocenters. The number of thiazole rings is 1. The minimum Gasteiger partial charge on any atom is -0.360 e. The molecule has 26 heavy (non-hydrogen) atoms. The number of carbonyl (C=O) groups is 1. The summed E-state index contributed by atoms with van der Waals surface area (Å²) in [6.07, 6.45) is 2.46. The van der Waals surface area contributed by atoms with Crippen molar-refractivity contribution >= 4 is 38.3 Å². The number of benzene rings is 1. The van der Waals surface area contributed by atoms with E-state index < -0.39 is 0 Å². The molecule has 1 N–H and O–H groups in total. The van der Waals surface area contributed by atoms with Gasteiger partial charge < -0.3 is 14.7 Å². The molecule has 0 saturated carbocycles. The van der Waals surface area contributed by atoms with E-state index in [9.17, 15) is 4.79 Å². The highest BCUT2D eigenvalue weighted by atomic mass is 32.1. The van der Waals surface area contributed by atoms with Gasteiger partial charge in [0.05, 0.1) is 15.9 Å². The molecule has 0 bridgehead atoms. The maximum Gasteiger partial charge on any atom is 0.261 e. The lowest BCUT2D eigenvalue weighted by atomic mass is 10.0. The van der Waals surface area contributed by atoms with E-state index >= 15 is 0 Å². The molecule has 0 aliphatic carbocycles. The minimum absolute atomic E-state index is 0.101. The van der Waals surface area contributed by atoms with Gasteiger partial charge in [-0.05, 0) is 38.0 Å². The summed E-state index contributed by atoms with van der Waals surface area (Å²) >= 11 is 1.68. The molecule has 1 aromatic carbocycles. The van der Waals surface area contributed by atoms with Crippen molar-refractivity contribution in [3.63, 3.8) is 0 Å². The summed E-state index contributed by atoms with van der Waals surface area (Å²) < 4.78 is 6.40. The lowest BCUT2D eigenvalue weighted by Crippen LogP contribution is -2.16. The van der Waals surface area contributed by atoms with E-state index in [0.29, 0.717) is 17.0 Å². The third kappa shape index (κ3) is 3.07. The molecule has 0 radical (unpaired) electrons. The number of amides is 1. The molecule has 6 nitrogen and oxygen atoms in total. The second kappa shape index (κ2) is 6.72. The zero-order chi connectivity index (χ0) is 18.3. The van der Waals surface area contributed by atoms with E-state index in [0.717, 1.165) is 34.1 Å². The molecule has 0 spiro atoms. The third-order valence-electron chi connectivity index (χ3n) is 4.65. The number of nitrogens with zero attached hydrogens (tertiary/aromatic N) is 3. The van der Waals surface area contributed by atoms with Gasteiger partial charge in [-0.3, -0.25) is 4.79 Å². The molecule has 136 valence electrons. The Hall–Kier alpha value is -2.41. The molecule has 0 atom stereocenters. The Morgan fingerprint density at radius 3 is 2.81 bits per heavy atom. The van der Waals surface area contributed by atoms with Crippen LogP contribution in [0.1, 0.15) is 54.4 Å². The van der Waals surface area contributed by atoms with Crippen LogP contribution < -0.4 is 10.2 Å². The van der Waals surface area contributed by atoms with Crippen LogP contribution in [0.2, 0.25) is 0 Å². The summed E-state index contributed by atoms with van der Waals surface area (Å²) in [6.45, 7) is 7.92. The number of carbonyl (C=O) groups excluding carboxylic acids is 1. The van der Waals surface area contributed by atoms with Crippen LogP contribution in [0.3, 0.4) is 0 Å². The fraction of sp³-hybridized carbons (Fsp3) is 0.421. The maximum absolute atomic E-state index is 12.7. The SMILES string of the molecule is Cc1noc(C(C)C)c1C(=O)Nc1ccc2nc(N3CCCC3)sc2c1. The Balaban J connectivity index is 1.59. The number of aromatic nitrogens is 2. The average Bonchev–Trinajstić information content (AvgIpc) is 3.32. The molecular formula is C19H22N4O2S. The molecule has 1 saturated heterocycles. The normalized spacial score (nSPS) is 14.5. The number of fused-ring (bicyclic) bond motifs is 1. The Labute approximate surface area is 156 Å². The first-order valence-corrected chi connectivity index (χ1v) is 9.77. The third-order valence-corrected chi connectivity index (χ3v) is 5.73. The molecule has 1 aliphatic heterocycles. The second-order valence-electron chi connectivity index (χ2n) is 6.99. The number of hydrogen-bond donors (Lipinski definition) is 1. The minimum atomic E-state index is -0.184. The monoisotopic (exact) mass is 370 g/mol. The summed E-state index contributed by atoms with van der Waals surface area (Å²) in [5.41, 5.74) is 2.87. The lowest BCUT2D eigenvalue weighted by Gasteiger charge is -2.11. The van der Waals surface area contributed by atoms with Crippen molar-refractivity contribution in [2.24, 2.45) is 0 Å². The number of nitrogens with one attached hydrogen (secondary N) is 1. The summed E-state index contributed by atoms with van der Waals surface area (Å²) in [5, 5.41) is 7.99. The average molecular weight is 370 g/mol. The van der Waals surface area contributed by atoms with Crippen LogP contribution >= 0.6 is 11.3 Å². The van der Waals surface area contributed by atoms with E-state index in [-0.39, 0.29) is 11.8 Å². The molecule has 1 aliphatic rings. The highest BCUT2D eigenvalue weighted by molar-refractivity contribution is 7.22. The molecule has 2 aromatic heterocycles. The van der Waals surface area contributed by atoms with Crippen LogP contribution in [-0.2, 0) is 0 Å². The van der Waals surface area contributed by atoms with Crippen LogP contribution in [0, 0.1) is 6.92 Å². The Morgan fingerprint density at radius 1 is 1.31 bits per heavy atom. The summed E-state index contributed by atoms with van der Waals surface area (Å²) in [5.74, 6) is 0.537. The van der Waals surface area contributed by atoms with Gasteiger partial charge in [-0.25, -0.2) is 4.98 Å². The van der Waals surface area contributed by atoms with Crippen molar-refractivity contribution in [3.05, 3.63) is 35.2 Å². The first-order valence-electron chi connectivity index (χ1n) is 8.96. The van der Waals surface area contributed by atoms with Crippen LogP contribution in [-0.4, -0.2) is 29.1 Å². The van der Waals surface area contributed by atoms with E-state index in [1.807, 2.05) is 32.0 Å². The summed E-state index contributed by atoms with van der Waals surface area (Å²) in [6, 6.07) is 5.85. The maximum atomic E-state index is 12.7. The number of anilines is 2. The highest BCUT2D eigenvalue weighted by Crippen LogP contribution is 2.32. The Bertz CT molecular complexity index is 954. The van der Waals surface area contributed by atoms with Crippen molar-refractivity contribution in [3.8, 4) is 0 Å². The van der Waals surface area contributed by atoms with E-state index in [1.165, 1.54) is 12.8 Å². The molecule has 1 amide bonds. The van der Waals surface area contributed by atoms with Crippen LogP contribution in [0.5, 0.6) is 0 Å². The van der Waals surface area contributed by atoms with Crippen molar-refractivity contribution < 1.29 is 9.32 Å². The first kappa shape index (κ1) is 17.0. The summed E-state index contributed by atoms with van der Waals surface area (Å²) in [7, 11) is 0. The van der Waals surface area contributed by atoms with Gasteiger partial charge in [0.25, 0.3) is 5.91 Å². The van der Waals surface area contributed by atoms with Gasteiger partial charge in [0.15, 0.2) is 10.9 Å². The molecule has 3 heterocycles. The van der Waals surface area contributed by atoms with Gasteiger partial charge in [-0.15, -0.1) is 0 Å². The number of rotatable bonds is 4. The fourth-order valence-electron chi connectivity index (χ4n) is 3.28. The van der Waals surface area contributed by atoms with E-state index in [4.69, 9.17) is 9.51 Å². The molecule has 4 rings (SSSR count). The Kier molecular flexibility index (Phi) is 4.40. The van der Waals surface area contributed by atoms with Gasteiger partial charge in [0, 0.05) is 24.7 Å². The van der Waals surface area contributed by atoms with Crippen molar-refractivity contribution in [2.75, 3.05) is 23.3 Å². The predicted molar refractivity (Wildman–Crippen MR) is 104 cm³/mol. The highest BCUT2D eigenvalue weighted by Gasteiger charge is 2.23. The molecule has 3 aromatic rings. The second-order valence-corrected chi connectivity index (χ2v) is 8.00. The van der Waals surface area contributed by atoms with Gasteiger partial charge in [-0.1, -0.05) is 30.3 Å². The topological polar surface area (TPSA) is 71.3 Å². The fourth-order valence-corrected chi connectivity index (χ4v) is 4.34. The van der Waals surface area contributed by atoms with Crippen LogP contribution in [0.15, 0.2) is 22.7 Å². The standard InChI is InChI=1S/C19H22N4O2S/c1-11(2)17-16(12(3)22-25-17)18(24)20-13-6-7-14-15(10-13)26-19(21-14)23-8-4-5-9-23/h6-7,10-11H,4-5,8-9H2,1-3H3,(H,20,24). The number of aryl methyl sites for hydroxylation is 1. The first-order chi connectivity index (χ1) is 12.5. The molecular weight excluding hydrogens is 348 g/mol. The van der Waals surface area contributed by atoms with Crippen molar-refractivity contribution in [1.29, 1.82) is 0 Å². The van der Waals surface area contributed by atoms with Crippen molar-refractivity contribution in [2.45, 2.75) is 39.5 Å². The zero-order valence-electron chi connectivity index (χ0n) is 15.2. The lowest BCUT2D eigenvalue weighted by molar-refractivity contribution is 0.102. The largest absolute Gasteiger partial charge is 0.360 e. The van der Waals surface area contributed by atoms with Crippen LogP contribution in [0.4, 0.5) is 10.8 Å². The molecule has 1 fully saturated rings. The quantitative estimate of drug-likeness (QED) is 0.728.